The Bertz CT molecular complexity index is 817. The number of aromatic carboxylic acids is 1. The highest BCUT2D eigenvalue weighted by Gasteiger charge is 2.15. The summed E-state index contributed by atoms with van der Waals surface area (Å²) in [4.78, 5) is 23.3. The van der Waals surface area contributed by atoms with Crippen molar-refractivity contribution in [3.8, 4) is 17.2 Å². The average molecular weight is 343 g/mol. The molecule has 25 heavy (non-hydrogen) atoms. The van der Waals surface area contributed by atoms with Crippen LogP contribution in [0.5, 0.6) is 17.2 Å². The van der Waals surface area contributed by atoms with E-state index in [0.717, 1.165) is 12.8 Å². The summed E-state index contributed by atoms with van der Waals surface area (Å²) in [5.74, 6) is -0.957. The smallest absolute Gasteiger partial charge is 0.339 e. The molecule has 2 aromatic carbocycles. The van der Waals surface area contributed by atoms with Gasteiger partial charge in [-0.1, -0.05) is 0 Å². The Kier molecular flexibility index (Phi) is 4.74. The number of carbonyl (C=O) groups excluding carboxylic acids is 1. The maximum atomic E-state index is 12.4. The predicted octanol–water partition coefficient (Wildman–Crippen LogP) is 2.89. The zero-order valence-corrected chi connectivity index (χ0v) is 13.3. The first-order valence-corrected chi connectivity index (χ1v) is 7.82. The summed E-state index contributed by atoms with van der Waals surface area (Å²) in [5, 5.41) is 21.2. The Morgan fingerprint density at radius 1 is 0.960 bits per heavy atom. The van der Waals surface area contributed by atoms with E-state index in [9.17, 15) is 14.7 Å². The van der Waals surface area contributed by atoms with E-state index in [4.69, 9.17) is 14.6 Å². The Morgan fingerprint density at radius 2 is 1.68 bits per heavy atom. The van der Waals surface area contributed by atoms with Gasteiger partial charge in [-0.25, -0.2) is 4.79 Å². The van der Waals surface area contributed by atoms with Crippen LogP contribution in [0.25, 0.3) is 0 Å². The standard InChI is InChI=1S/C18H17NO6/c20-14-10-12(4-5-13(14)18(22)23)19-17(21)11-3-6-15-16(9-11)25-8-2-1-7-24-15/h3-6,9-10,20H,1-2,7-8H2,(H,19,21)(H,22,23). The zero-order chi connectivity index (χ0) is 17.8. The van der Waals surface area contributed by atoms with E-state index < -0.39 is 17.6 Å². The van der Waals surface area contributed by atoms with Crippen LogP contribution in [0.15, 0.2) is 36.4 Å². The first-order chi connectivity index (χ1) is 12.0. The Labute approximate surface area is 143 Å². The molecule has 0 saturated carbocycles. The molecular formula is C18H17NO6. The van der Waals surface area contributed by atoms with Crippen LogP contribution >= 0.6 is 0 Å². The summed E-state index contributed by atoms with van der Waals surface area (Å²) in [5.41, 5.74) is 0.422. The fraction of sp³-hybridized carbons (Fsp3) is 0.222. The van der Waals surface area contributed by atoms with Gasteiger partial charge in [0.2, 0.25) is 0 Å². The van der Waals surface area contributed by atoms with Crippen molar-refractivity contribution in [2.24, 2.45) is 0 Å². The second-order valence-corrected chi connectivity index (χ2v) is 5.56. The normalized spacial score (nSPS) is 13.4. The SMILES string of the molecule is O=C(Nc1ccc(C(=O)O)c(O)c1)c1ccc2c(c1)OCCCCO2. The quantitative estimate of drug-likeness (QED) is 0.791. The Morgan fingerprint density at radius 3 is 2.36 bits per heavy atom. The third kappa shape index (κ3) is 3.82. The van der Waals surface area contributed by atoms with E-state index in [2.05, 4.69) is 5.32 Å². The molecule has 0 unspecified atom stereocenters. The molecule has 0 atom stereocenters. The molecule has 0 radical (unpaired) electrons. The van der Waals surface area contributed by atoms with Crippen molar-refractivity contribution in [1.29, 1.82) is 0 Å². The fourth-order valence-electron chi connectivity index (χ4n) is 2.44. The van der Waals surface area contributed by atoms with Crippen LogP contribution in [0.4, 0.5) is 5.69 Å². The van der Waals surface area contributed by atoms with Gasteiger partial charge in [0.1, 0.15) is 11.3 Å². The number of carbonyl (C=O) groups is 2. The van der Waals surface area contributed by atoms with Crippen molar-refractivity contribution in [3.63, 3.8) is 0 Å². The maximum Gasteiger partial charge on any atom is 0.339 e. The molecule has 130 valence electrons. The minimum atomic E-state index is -1.24. The predicted molar refractivity (Wildman–Crippen MR) is 89.7 cm³/mol. The lowest BCUT2D eigenvalue weighted by Gasteiger charge is -2.17. The summed E-state index contributed by atoms with van der Waals surface area (Å²) in [6.45, 7) is 1.17. The summed E-state index contributed by atoms with van der Waals surface area (Å²) < 4.78 is 11.2. The molecule has 0 saturated heterocycles. The lowest BCUT2D eigenvalue weighted by Crippen LogP contribution is -2.14. The second kappa shape index (κ2) is 7.12. The molecule has 0 aliphatic carbocycles. The molecule has 3 rings (SSSR count). The first kappa shape index (κ1) is 16.6. The van der Waals surface area contributed by atoms with Crippen molar-refractivity contribution < 1.29 is 29.3 Å². The van der Waals surface area contributed by atoms with E-state index in [0.29, 0.717) is 30.3 Å². The summed E-state index contributed by atoms with van der Waals surface area (Å²) in [6.07, 6.45) is 1.79. The number of hydrogen-bond acceptors (Lipinski definition) is 5. The van der Waals surface area contributed by atoms with Crippen molar-refractivity contribution in [1.82, 2.24) is 0 Å². The molecule has 2 aromatic rings. The third-order valence-electron chi connectivity index (χ3n) is 3.75. The van der Waals surface area contributed by atoms with Crippen molar-refractivity contribution in [2.45, 2.75) is 12.8 Å². The average Bonchev–Trinajstić information content (AvgIpc) is 2.55. The van der Waals surface area contributed by atoms with E-state index in [-0.39, 0.29) is 11.3 Å². The van der Waals surface area contributed by atoms with Gasteiger partial charge in [0.25, 0.3) is 5.91 Å². The number of aromatic hydroxyl groups is 1. The van der Waals surface area contributed by atoms with Crippen LogP contribution in [-0.2, 0) is 0 Å². The molecule has 1 aliphatic rings. The van der Waals surface area contributed by atoms with Gasteiger partial charge < -0.3 is 25.0 Å². The van der Waals surface area contributed by atoms with Crippen LogP contribution < -0.4 is 14.8 Å². The van der Waals surface area contributed by atoms with Crippen molar-refractivity contribution in [2.75, 3.05) is 18.5 Å². The first-order valence-electron chi connectivity index (χ1n) is 7.82. The number of phenols is 1. The number of benzene rings is 2. The van der Waals surface area contributed by atoms with Gasteiger partial charge in [0, 0.05) is 17.3 Å². The number of carboxylic acid groups (broad SMARTS) is 1. The number of ether oxygens (including phenoxy) is 2. The van der Waals surface area contributed by atoms with Crippen LogP contribution in [0.1, 0.15) is 33.6 Å². The monoisotopic (exact) mass is 343 g/mol. The molecule has 1 aliphatic heterocycles. The van der Waals surface area contributed by atoms with Crippen LogP contribution in [0.3, 0.4) is 0 Å². The Balaban J connectivity index is 1.78. The second-order valence-electron chi connectivity index (χ2n) is 5.56. The highest BCUT2D eigenvalue weighted by atomic mass is 16.5. The van der Waals surface area contributed by atoms with E-state index in [1.165, 1.54) is 18.2 Å². The number of anilines is 1. The third-order valence-corrected chi connectivity index (χ3v) is 3.75. The number of hydrogen-bond donors (Lipinski definition) is 3. The van der Waals surface area contributed by atoms with Gasteiger partial charge in [0.05, 0.1) is 13.2 Å². The van der Waals surface area contributed by atoms with Gasteiger partial charge in [-0.3, -0.25) is 4.79 Å². The number of carboxylic acids is 1. The van der Waals surface area contributed by atoms with Gasteiger partial charge in [-0.05, 0) is 43.2 Å². The molecular weight excluding hydrogens is 326 g/mol. The van der Waals surface area contributed by atoms with Crippen LogP contribution in [0.2, 0.25) is 0 Å². The molecule has 0 fully saturated rings. The van der Waals surface area contributed by atoms with Gasteiger partial charge in [-0.2, -0.15) is 0 Å². The number of rotatable bonds is 3. The molecule has 1 amide bonds. The van der Waals surface area contributed by atoms with Gasteiger partial charge in [-0.15, -0.1) is 0 Å². The fourth-order valence-corrected chi connectivity index (χ4v) is 2.44. The van der Waals surface area contributed by atoms with Gasteiger partial charge >= 0.3 is 5.97 Å². The highest BCUT2D eigenvalue weighted by molar-refractivity contribution is 6.05. The number of nitrogens with one attached hydrogen (secondary N) is 1. The summed E-state index contributed by atoms with van der Waals surface area (Å²) in [6, 6.07) is 8.72. The largest absolute Gasteiger partial charge is 0.507 e. The van der Waals surface area contributed by atoms with E-state index >= 15 is 0 Å². The number of fused-ring (bicyclic) bond motifs is 1. The van der Waals surface area contributed by atoms with Crippen LogP contribution in [0, 0.1) is 0 Å². The Hall–Kier alpha value is -3.22. The van der Waals surface area contributed by atoms with Crippen LogP contribution in [-0.4, -0.2) is 35.3 Å². The van der Waals surface area contributed by atoms with Crippen molar-refractivity contribution in [3.05, 3.63) is 47.5 Å². The maximum absolute atomic E-state index is 12.4. The molecule has 3 N–H and O–H groups in total. The van der Waals surface area contributed by atoms with E-state index in [1.54, 1.807) is 18.2 Å². The van der Waals surface area contributed by atoms with Gasteiger partial charge in [0.15, 0.2) is 11.5 Å². The summed E-state index contributed by atoms with van der Waals surface area (Å²) >= 11 is 0. The zero-order valence-electron chi connectivity index (χ0n) is 13.3. The summed E-state index contributed by atoms with van der Waals surface area (Å²) in [7, 11) is 0. The lowest BCUT2D eigenvalue weighted by molar-refractivity contribution is 0.0693. The molecule has 7 nitrogen and oxygen atoms in total. The van der Waals surface area contributed by atoms with Crippen molar-refractivity contribution >= 4 is 17.6 Å². The molecule has 0 aromatic heterocycles. The molecule has 7 heteroatoms. The lowest BCUT2D eigenvalue weighted by atomic mass is 10.1. The number of amides is 1. The topological polar surface area (TPSA) is 105 Å². The molecule has 1 heterocycles. The molecule has 0 bridgehead atoms. The minimum Gasteiger partial charge on any atom is -0.507 e. The minimum absolute atomic E-state index is 0.232. The van der Waals surface area contributed by atoms with E-state index in [1.807, 2.05) is 0 Å². The molecule has 0 spiro atoms. The highest BCUT2D eigenvalue weighted by Crippen LogP contribution is 2.30.